The molecule has 0 bridgehead atoms. The molecule has 0 aromatic heterocycles. The fourth-order valence-electron chi connectivity index (χ4n) is 3.36. The standard InChI is InChI=1S/C19H28N2O4/c1-3-21-17(23)11-10-16(19(24)20-12-5-13-22)18(21)14-6-8-15(9-7-14)25-4-2/h6-9,16,18,22H,3-5,10-13H2,1-2H3,(H,20,24)/t16-,18+/m1/s1. The molecule has 1 aliphatic heterocycles. The van der Waals surface area contributed by atoms with Crippen molar-refractivity contribution in [1.82, 2.24) is 10.2 Å². The van der Waals surface area contributed by atoms with E-state index in [1.165, 1.54) is 0 Å². The second kappa shape index (κ2) is 9.42. The third-order valence-corrected chi connectivity index (χ3v) is 4.55. The SMILES string of the molecule is CCOc1ccc([C@H]2[C@H](C(=O)NCCCO)CCC(=O)N2CC)cc1. The molecule has 2 amide bonds. The monoisotopic (exact) mass is 348 g/mol. The average Bonchev–Trinajstić information content (AvgIpc) is 2.62. The van der Waals surface area contributed by atoms with E-state index in [4.69, 9.17) is 9.84 Å². The van der Waals surface area contributed by atoms with Gasteiger partial charge < -0.3 is 20.1 Å². The van der Waals surface area contributed by atoms with Crippen LogP contribution >= 0.6 is 0 Å². The zero-order valence-electron chi connectivity index (χ0n) is 15.0. The minimum atomic E-state index is -0.283. The fraction of sp³-hybridized carbons (Fsp3) is 0.579. The Balaban J connectivity index is 2.24. The molecule has 0 saturated carbocycles. The van der Waals surface area contributed by atoms with Gasteiger partial charge in [0, 0.05) is 26.1 Å². The van der Waals surface area contributed by atoms with Crippen molar-refractivity contribution in [1.29, 1.82) is 0 Å². The lowest BCUT2D eigenvalue weighted by Crippen LogP contribution is -2.48. The molecular weight excluding hydrogens is 320 g/mol. The Morgan fingerprint density at radius 2 is 2.04 bits per heavy atom. The maximum absolute atomic E-state index is 12.6. The quantitative estimate of drug-likeness (QED) is 0.703. The highest BCUT2D eigenvalue weighted by atomic mass is 16.5. The Morgan fingerprint density at radius 1 is 1.32 bits per heavy atom. The number of benzene rings is 1. The van der Waals surface area contributed by atoms with E-state index in [9.17, 15) is 9.59 Å². The van der Waals surface area contributed by atoms with Crippen molar-refractivity contribution in [2.75, 3.05) is 26.3 Å². The molecule has 0 aliphatic carbocycles. The lowest BCUT2D eigenvalue weighted by Gasteiger charge is -2.40. The number of amides is 2. The first kappa shape index (κ1) is 19.2. The van der Waals surface area contributed by atoms with E-state index in [-0.39, 0.29) is 30.4 Å². The van der Waals surface area contributed by atoms with Gasteiger partial charge in [0.15, 0.2) is 0 Å². The van der Waals surface area contributed by atoms with Gasteiger partial charge in [0.05, 0.1) is 18.6 Å². The summed E-state index contributed by atoms with van der Waals surface area (Å²) in [5, 5.41) is 11.8. The lowest BCUT2D eigenvalue weighted by atomic mass is 9.83. The summed E-state index contributed by atoms with van der Waals surface area (Å²) < 4.78 is 5.48. The van der Waals surface area contributed by atoms with Gasteiger partial charge in [-0.15, -0.1) is 0 Å². The van der Waals surface area contributed by atoms with Crippen LogP contribution in [0.3, 0.4) is 0 Å². The summed E-state index contributed by atoms with van der Waals surface area (Å²) in [4.78, 5) is 26.8. The summed E-state index contributed by atoms with van der Waals surface area (Å²) in [5.74, 6) is 0.522. The highest BCUT2D eigenvalue weighted by molar-refractivity contribution is 5.85. The first-order valence-electron chi connectivity index (χ1n) is 9.03. The molecule has 1 saturated heterocycles. The van der Waals surface area contributed by atoms with Crippen LogP contribution in [0.15, 0.2) is 24.3 Å². The van der Waals surface area contributed by atoms with Crippen molar-refractivity contribution >= 4 is 11.8 Å². The van der Waals surface area contributed by atoms with Gasteiger partial charge in [0.25, 0.3) is 0 Å². The summed E-state index contributed by atoms with van der Waals surface area (Å²) in [5.41, 5.74) is 0.945. The highest BCUT2D eigenvalue weighted by Gasteiger charge is 2.39. The number of hydrogen-bond donors (Lipinski definition) is 2. The molecule has 2 atom stereocenters. The van der Waals surface area contributed by atoms with Crippen LogP contribution in [-0.4, -0.2) is 48.1 Å². The van der Waals surface area contributed by atoms with E-state index in [1.54, 1.807) is 4.90 Å². The Kier molecular flexibility index (Phi) is 7.25. The molecule has 1 fully saturated rings. The number of carbonyl (C=O) groups is 2. The van der Waals surface area contributed by atoms with Gasteiger partial charge in [-0.3, -0.25) is 9.59 Å². The summed E-state index contributed by atoms with van der Waals surface area (Å²) >= 11 is 0. The number of nitrogens with zero attached hydrogens (tertiary/aromatic N) is 1. The molecule has 25 heavy (non-hydrogen) atoms. The second-order valence-corrected chi connectivity index (χ2v) is 6.14. The van der Waals surface area contributed by atoms with Gasteiger partial charge in [0.2, 0.25) is 11.8 Å². The zero-order chi connectivity index (χ0) is 18.2. The van der Waals surface area contributed by atoms with Crippen molar-refractivity contribution in [3.63, 3.8) is 0 Å². The smallest absolute Gasteiger partial charge is 0.225 e. The molecule has 2 N–H and O–H groups in total. The molecule has 0 spiro atoms. The van der Waals surface area contributed by atoms with Crippen molar-refractivity contribution in [2.45, 2.75) is 39.2 Å². The van der Waals surface area contributed by atoms with Gasteiger partial charge in [-0.2, -0.15) is 0 Å². The normalized spacial score (nSPS) is 20.4. The molecule has 1 aromatic rings. The van der Waals surface area contributed by atoms with Gasteiger partial charge in [-0.05, 0) is 44.4 Å². The van der Waals surface area contributed by atoms with E-state index in [0.717, 1.165) is 11.3 Å². The summed E-state index contributed by atoms with van der Waals surface area (Å²) in [6.07, 6.45) is 1.46. The molecule has 6 heteroatoms. The topological polar surface area (TPSA) is 78.9 Å². The molecule has 2 rings (SSSR count). The molecule has 138 valence electrons. The summed E-state index contributed by atoms with van der Waals surface area (Å²) in [6.45, 7) is 5.52. The van der Waals surface area contributed by atoms with Crippen molar-refractivity contribution in [2.24, 2.45) is 5.92 Å². The molecule has 0 radical (unpaired) electrons. The third kappa shape index (κ3) is 4.72. The summed E-state index contributed by atoms with van der Waals surface area (Å²) in [6, 6.07) is 7.37. The van der Waals surface area contributed by atoms with E-state index in [2.05, 4.69) is 5.32 Å². The highest BCUT2D eigenvalue weighted by Crippen LogP contribution is 2.37. The number of nitrogens with one attached hydrogen (secondary N) is 1. The summed E-state index contributed by atoms with van der Waals surface area (Å²) in [7, 11) is 0. The van der Waals surface area contributed by atoms with Gasteiger partial charge >= 0.3 is 0 Å². The maximum atomic E-state index is 12.6. The van der Waals surface area contributed by atoms with E-state index in [1.807, 2.05) is 38.1 Å². The number of aliphatic hydroxyl groups is 1. The molecule has 6 nitrogen and oxygen atoms in total. The van der Waals surface area contributed by atoms with Crippen molar-refractivity contribution < 1.29 is 19.4 Å². The van der Waals surface area contributed by atoms with Gasteiger partial charge in [-0.1, -0.05) is 12.1 Å². The van der Waals surface area contributed by atoms with Gasteiger partial charge in [-0.25, -0.2) is 0 Å². The first-order chi connectivity index (χ1) is 12.1. The predicted molar refractivity (Wildman–Crippen MR) is 95.2 cm³/mol. The predicted octanol–water partition coefficient (Wildman–Crippen LogP) is 1.88. The van der Waals surface area contributed by atoms with Crippen LogP contribution in [-0.2, 0) is 9.59 Å². The van der Waals surface area contributed by atoms with Crippen molar-refractivity contribution in [3.05, 3.63) is 29.8 Å². The molecular formula is C19H28N2O4. The lowest BCUT2D eigenvalue weighted by molar-refractivity contribution is -0.143. The van der Waals surface area contributed by atoms with E-state index >= 15 is 0 Å². The van der Waals surface area contributed by atoms with Crippen LogP contribution in [0, 0.1) is 5.92 Å². The number of ether oxygens (including phenoxy) is 1. The van der Waals surface area contributed by atoms with E-state index < -0.39 is 0 Å². The molecule has 1 heterocycles. The number of hydrogen-bond acceptors (Lipinski definition) is 4. The largest absolute Gasteiger partial charge is 0.494 e. The van der Waals surface area contributed by atoms with Gasteiger partial charge in [0.1, 0.15) is 5.75 Å². The van der Waals surface area contributed by atoms with Crippen LogP contribution in [0.5, 0.6) is 5.75 Å². The Labute approximate surface area is 149 Å². The van der Waals surface area contributed by atoms with E-state index in [0.29, 0.717) is 39.0 Å². The number of likely N-dealkylation sites (tertiary alicyclic amines) is 1. The first-order valence-corrected chi connectivity index (χ1v) is 9.03. The fourth-order valence-corrected chi connectivity index (χ4v) is 3.36. The van der Waals surface area contributed by atoms with Crippen LogP contribution in [0.4, 0.5) is 0 Å². The minimum absolute atomic E-state index is 0.0484. The number of piperidine rings is 1. The maximum Gasteiger partial charge on any atom is 0.225 e. The third-order valence-electron chi connectivity index (χ3n) is 4.55. The van der Waals surface area contributed by atoms with Crippen LogP contribution in [0.25, 0.3) is 0 Å². The number of carbonyl (C=O) groups excluding carboxylic acids is 2. The van der Waals surface area contributed by atoms with Crippen LogP contribution < -0.4 is 10.1 Å². The molecule has 1 aromatic carbocycles. The Bertz CT molecular complexity index is 573. The Morgan fingerprint density at radius 3 is 2.64 bits per heavy atom. The Hall–Kier alpha value is -2.08. The minimum Gasteiger partial charge on any atom is -0.494 e. The molecule has 0 unspecified atom stereocenters. The second-order valence-electron chi connectivity index (χ2n) is 6.14. The van der Waals surface area contributed by atoms with Crippen LogP contribution in [0.1, 0.15) is 44.7 Å². The zero-order valence-corrected chi connectivity index (χ0v) is 15.0. The van der Waals surface area contributed by atoms with Crippen LogP contribution in [0.2, 0.25) is 0 Å². The molecule has 1 aliphatic rings. The average molecular weight is 348 g/mol. The number of rotatable bonds is 8. The number of aliphatic hydroxyl groups excluding tert-OH is 1. The van der Waals surface area contributed by atoms with Crippen molar-refractivity contribution in [3.8, 4) is 5.75 Å².